The molecule has 72 heavy (non-hydrogen) atoms. The topological polar surface area (TPSA) is 40.8 Å². The molecule has 0 atom stereocenters. The van der Waals surface area contributed by atoms with Crippen molar-refractivity contribution >= 4 is 54.6 Å². The molecule has 4 heterocycles. The Hall–Kier alpha value is -9.78. The summed E-state index contributed by atoms with van der Waals surface area (Å²) < 4.78 is 102. The van der Waals surface area contributed by atoms with E-state index in [0.717, 1.165) is 66.2 Å². The van der Waals surface area contributed by atoms with Gasteiger partial charge in [0.2, 0.25) is 0 Å². The van der Waals surface area contributed by atoms with E-state index in [-0.39, 0.29) is 27.9 Å². The second-order valence-corrected chi connectivity index (χ2v) is 17.4. The van der Waals surface area contributed by atoms with Crippen molar-refractivity contribution < 1.29 is 23.0 Å². The Labute approximate surface area is 429 Å². The van der Waals surface area contributed by atoms with E-state index < -0.39 is 60.4 Å². The number of hydrogen-bond acceptors (Lipinski definition) is 2. The van der Waals surface area contributed by atoms with Gasteiger partial charge in [0.15, 0.2) is 0 Å². The van der Waals surface area contributed by atoms with Gasteiger partial charge in [-0.3, -0.25) is 13.7 Å². The number of benzene rings is 10. The third kappa shape index (κ3) is 6.80. The molecule has 6 nitrogen and oxygen atoms in total. The van der Waals surface area contributed by atoms with Crippen LogP contribution in [0.1, 0.15) is 13.7 Å². The molecule has 0 radical (unpaired) electrons. The quantitative estimate of drug-likeness (QED) is 0.107. The lowest BCUT2D eigenvalue weighted by Gasteiger charge is -2.17. The lowest BCUT2D eigenvalue weighted by molar-refractivity contribution is -0.571. The molecule has 0 N–H and O–H groups in total. The number of nitrogens with zero attached hydrogens (tertiary/aromatic N) is 5. The van der Waals surface area contributed by atoms with Gasteiger partial charge < -0.3 is 9.30 Å². The molecule has 10 aromatic carbocycles. The number of para-hydroxylation sites is 6. The molecule has 0 aliphatic rings. The summed E-state index contributed by atoms with van der Waals surface area (Å²) in [6, 6.07) is 58.2. The maximum Gasteiger partial charge on any atom is 0.269 e. The summed E-state index contributed by atoms with van der Waals surface area (Å²) >= 11 is 0. The van der Waals surface area contributed by atoms with Gasteiger partial charge in [-0.25, -0.2) is 4.98 Å². The van der Waals surface area contributed by atoms with Gasteiger partial charge >= 0.3 is 0 Å². The molecular formula is C66H43N5O. The standard InChI is InChI=1S/C66H43N5O/c1-4-19-45(20-5-1)52-29-17-30-53(46-21-6-2-7-22-46)65(52)69-44-68(61-35-14-15-36-62(61)69)48-25-16-26-50(41-48)72-51-38-39-57-55-27-10-13-34-60(55)71(63(57)42-51)64-40-37-49(43-67-64)70-59-33-12-11-28-56(59)58-32-18-31-54(66(58)70)47-23-8-3-9-24-47/h1-43H/i1D,2D,4D,5D,6D,7D,19D,20D,21D,22D. The first-order valence-corrected chi connectivity index (χ1v) is 23.5. The number of imidazole rings is 1. The van der Waals surface area contributed by atoms with Gasteiger partial charge in [-0.15, -0.1) is 0 Å². The van der Waals surface area contributed by atoms with Crippen molar-refractivity contribution in [1.82, 2.24) is 18.7 Å². The van der Waals surface area contributed by atoms with Gasteiger partial charge in [0.1, 0.15) is 17.3 Å². The summed E-state index contributed by atoms with van der Waals surface area (Å²) in [5, 5.41) is 4.38. The van der Waals surface area contributed by atoms with E-state index in [0.29, 0.717) is 28.2 Å². The van der Waals surface area contributed by atoms with E-state index in [9.17, 15) is 0 Å². The number of aromatic nitrogens is 5. The maximum atomic E-state index is 9.07. The van der Waals surface area contributed by atoms with Gasteiger partial charge in [-0.1, -0.05) is 194 Å². The molecule has 0 spiro atoms. The zero-order chi connectivity index (χ0) is 56.2. The van der Waals surface area contributed by atoms with Crippen LogP contribution < -0.4 is 9.30 Å². The van der Waals surface area contributed by atoms with E-state index in [2.05, 4.69) is 113 Å². The lowest BCUT2D eigenvalue weighted by atomic mass is 9.95. The largest absolute Gasteiger partial charge is 0.458 e. The Morgan fingerprint density at radius 2 is 1.03 bits per heavy atom. The van der Waals surface area contributed by atoms with Crippen LogP contribution in [0.15, 0.2) is 261 Å². The van der Waals surface area contributed by atoms with Crippen LogP contribution in [0.4, 0.5) is 0 Å². The van der Waals surface area contributed by atoms with E-state index in [4.69, 9.17) is 23.4 Å². The third-order valence-electron chi connectivity index (χ3n) is 13.3. The highest BCUT2D eigenvalue weighted by Crippen LogP contribution is 2.40. The van der Waals surface area contributed by atoms with E-state index >= 15 is 0 Å². The molecule has 0 aliphatic heterocycles. The average molecular weight is 932 g/mol. The van der Waals surface area contributed by atoms with E-state index in [1.165, 1.54) is 0 Å². The summed E-state index contributed by atoms with van der Waals surface area (Å²) in [6.07, 6.45) is 5.39. The van der Waals surface area contributed by atoms with Crippen molar-refractivity contribution in [2.75, 3.05) is 0 Å². The fourth-order valence-electron chi connectivity index (χ4n) is 10.2. The minimum Gasteiger partial charge on any atom is -0.458 e. The van der Waals surface area contributed by atoms with Crippen molar-refractivity contribution in [3.8, 4) is 67.8 Å². The molecule has 6 heteroatoms. The first-order valence-electron chi connectivity index (χ1n) is 28.5. The Bertz CT molecular complexity index is 4830. The minimum atomic E-state index is -0.570. The highest BCUT2D eigenvalue weighted by atomic mass is 16.5. The van der Waals surface area contributed by atoms with E-state index in [1.54, 1.807) is 27.3 Å². The summed E-state index contributed by atoms with van der Waals surface area (Å²) in [7, 11) is 0. The summed E-state index contributed by atoms with van der Waals surface area (Å²) in [5.41, 5.74) is 9.26. The van der Waals surface area contributed by atoms with Gasteiger partial charge in [0.25, 0.3) is 6.33 Å². The van der Waals surface area contributed by atoms with Gasteiger partial charge in [-0.2, -0.15) is 0 Å². The zero-order valence-corrected chi connectivity index (χ0v) is 38.2. The molecule has 0 saturated carbocycles. The fraction of sp³-hybridized carbons (Fsp3) is 0. The van der Waals surface area contributed by atoms with Crippen LogP contribution in [-0.2, 0) is 0 Å². The molecule has 0 bridgehead atoms. The molecule has 0 aliphatic carbocycles. The van der Waals surface area contributed by atoms with Gasteiger partial charge in [-0.05, 0) is 82.4 Å². The molecular weight excluding hydrogens is 879 g/mol. The van der Waals surface area contributed by atoms with Crippen molar-refractivity contribution in [3.05, 3.63) is 267 Å². The predicted octanol–water partition coefficient (Wildman–Crippen LogP) is 16.1. The Morgan fingerprint density at radius 3 is 1.76 bits per heavy atom. The predicted molar refractivity (Wildman–Crippen MR) is 293 cm³/mol. The molecule has 0 fully saturated rings. The maximum absolute atomic E-state index is 9.07. The zero-order valence-electron chi connectivity index (χ0n) is 48.2. The van der Waals surface area contributed by atoms with Crippen LogP contribution in [0, 0.1) is 6.33 Å². The van der Waals surface area contributed by atoms with Crippen LogP contribution in [0.2, 0.25) is 0 Å². The van der Waals surface area contributed by atoms with Crippen molar-refractivity contribution in [2.45, 2.75) is 0 Å². The monoisotopic (exact) mass is 931 g/mol. The second-order valence-electron chi connectivity index (χ2n) is 17.4. The lowest BCUT2D eigenvalue weighted by Crippen LogP contribution is -2.31. The molecule has 4 aromatic heterocycles. The average Bonchev–Trinajstić information content (AvgIpc) is 4.34. The summed E-state index contributed by atoms with van der Waals surface area (Å²) in [5.74, 6) is 1.79. The number of pyridine rings is 1. The van der Waals surface area contributed by atoms with E-state index in [1.807, 2.05) is 85.1 Å². The molecule has 0 unspecified atom stereocenters. The molecule has 338 valence electrons. The smallest absolute Gasteiger partial charge is 0.269 e. The van der Waals surface area contributed by atoms with Crippen molar-refractivity contribution in [3.63, 3.8) is 0 Å². The van der Waals surface area contributed by atoms with Gasteiger partial charge in [0, 0.05) is 33.2 Å². The summed E-state index contributed by atoms with van der Waals surface area (Å²) in [4.78, 5) is 5.19. The fourth-order valence-corrected chi connectivity index (χ4v) is 10.2. The molecule has 0 amide bonds. The third-order valence-corrected chi connectivity index (χ3v) is 13.3. The van der Waals surface area contributed by atoms with Crippen molar-refractivity contribution in [1.29, 1.82) is 0 Å². The number of fused-ring (bicyclic) bond motifs is 7. The molecule has 14 rings (SSSR count). The Kier molecular flexibility index (Phi) is 7.59. The van der Waals surface area contributed by atoms with Crippen LogP contribution in [0.5, 0.6) is 11.5 Å². The van der Waals surface area contributed by atoms with Gasteiger partial charge in [0.05, 0.1) is 70.1 Å². The van der Waals surface area contributed by atoms with Crippen molar-refractivity contribution in [2.24, 2.45) is 0 Å². The molecule has 0 saturated heterocycles. The Balaban J connectivity index is 0.879. The number of hydrogen-bond donors (Lipinski definition) is 0. The van der Waals surface area contributed by atoms with Crippen LogP contribution in [-0.4, -0.2) is 18.7 Å². The minimum absolute atomic E-state index is 0.135. The summed E-state index contributed by atoms with van der Waals surface area (Å²) in [6.45, 7) is 0. The Morgan fingerprint density at radius 1 is 0.431 bits per heavy atom. The normalized spacial score (nSPS) is 13.6. The van der Waals surface area contributed by atoms with Crippen LogP contribution >= 0.6 is 0 Å². The number of ether oxygens (including phenoxy) is 1. The number of rotatable bonds is 9. The second kappa shape index (κ2) is 17.0. The molecule has 14 aromatic rings. The van der Waals surface area contributed by atoms with Crippen LogP contribution in [0.3, 0.4) is 0 Å². The highest BCUT2D eigenvalue weighted by molar-refractivity contribution is 6.14. The first kappa shape index (κ1) is 32.1. The SMILES string of the molecule is [2H]c1c([2H])c([2H])c(-c2cccc(-c3c([2H])c([2H])c([2H])c([2H])c3[2H])c2-[n+]2[c-]n(-c3cccc(Oc4ccc5c6ccccc6n(-c6ccc(-n7c8ccccc8c8cccc(-c9ccccc9)c87)cn6)c5c4)c3)c3ccccc32)c([2H])c1[2H]. The highest BCUT2D eigenvalue weighted by Gasteiger charge is 2.21. The first-order chi connectivity index (χ1) is 39.9. The van der Waals surface area contributed by atoms with Crippen LogP contribution in [0.25, 0.3) is 111 Å².